The van der Waals surface area contributed by atoms with Crippen LogP contribution in [0.2, 0.25) is 0 Å². The second-order valence-corrected chi connectivity index (χ2v) is 12.3. The third kappa shape index (κ3) is 6.52. The topological polar surface area (TPSA) is 155 Å². The van der Waals surface area contributed by atoms with E-state index >= 15 is 0 Å². The van der Waals surface area contributed by atoms with E-state index in [2.05, 4.69) is 32.2 Å². The minimum atomic E-state index is -0.947. The van der Waals surface area contributed by atoms with Crippen molar-refractivity contribution in [2.75, 3.05) is 25.6 Å². The Morgan fingerprint density at radius 2 is 1.88 bits per heavy atom. The largest absolute Gasteiger partial charge is 0.733 e. The van der Waals surface area contributed by atoms with Gasteiger partial charge in [-0.25, -0.2) is 9.59 Å². The van der Waals surface area contributed by atoms with Crippen LogP contribution in [-0.4, -0.2) is 72.8 Å². The van der Waals surface area contributed by atoms with Gasteiger partial charge in [0.25, 0.3) is 0 Å². The average molecular weight is 590 g/mol. The Morgan fingerprint density at radius 3 is 2.48 bits per heavy atom. The summed E-state index contributed by atoms with van der Waals surface area (Å²) in [7, 11) is 1.64. The molecule has 4 fully saturated rings. The lowest BCUT2D eigenvalue weighted by Gasteiger charge is -2.43. The summed E-state index contributed by atoms with van der Waals surface area (Å²) >= 11 is 0. The molecule has 1 amide bonds. The summed E-state index contributed by atoms with van der Waals surface area (Å²) < 4.78 is 34.8. The molecule has 2 saturated heterocycles. The maximum Gasteiger partial charge on any atom is 0.513 e. The Labute approximate surface area is 245 Å². The molecule has 0 aromatic heterocycles. The monoisotopic (exact) mass is 589 g/mol. The summed E-state index contributed by atoms with van der Waals surface area (Å²) in [6.07, 6.45) is 4.94. The highest BCUT2D eigenvalue weighted by molar-refractivity contribution is 5.69. The SMILES string of the molecule is COC1C(OC(=O)NC2(COC(=O)Oc3ccc(N([O-])O)cc3)CCCC2)CCC2(CO2)C1C1(C)OC1CC=C(C)C. The van der Waals surface area contributed by atoms with E-state index in [1.807, 2.05) is 0 Å². The standard InChI is InChI=1S/C30H41N2O10/c1-19(2)7-12-23-28(3,42-23)25-24(37-4)22(13-16-30(25)18-39-30)41-26(33)31-29(14-5-6-15-29)17-38-27(34)40-21-10-8-20(9-11-21)32(35)36/h7-11,22-25,35H,5-6,12-18H2,1-4H3,(H,31,33)/q-1. The Kier molecular flexibility index (Phi) is 8.73. The number of nitrogens with one attached hydrogen (secondary N) is 1. The van der Waals surface area contributed by atoms with Crippen molar-refractivity contribution in [3.63, 3.8) is 0 Å². The van der Waals surface area contributed by atoms with Crippen molar-refractivity contribution in [3.8, 4) is 5.75 Å². The van der Waals surface area contributed by atoms with Gasteiger partial charge in [0.2, 0.25) is 0 Å². The summed E-state index contributed by atoms with van der Waals surface area (Å²) in [6, 6.07) is 5.31. The number of anilines is 1. The van der Waals surface area contributed by atoms with Gasteiger partial charge in [-0.1, -0.05) is 24.5 Å². The molecule has 232 valence electrons. The van der Waals surface area contributed by atoms with Gasteiger partial charge >= 0.3 is 12.2 Å². The van der Waals surface area contributed by atoms with Crippen molar-refractivity contribution in [1.29, 1.82) is 0 Å². The molecule has 42 heavy (non-hydrogen) atoms. The van der Waals surface area contributed by atoms with Crippen LogP contribution >= 0.6 is 0 Å². The van der Waals surface area contributed by atoms with Crippen molar-refractivity contribution in [3.05, 3.63) is 41.1 Å². The highest BCUT2D eigenvalue weighted by atomic mass is 16.8. The molecule has 2 aliphatic heterocycles. The first-order valence-corrected chi connectivity index (χ1v) is 14.6. The zero-order valence-electron chi connectivity index (χ0n) is 24.6. The summed E-state index contributed by atoms with van der Waals surface area (Å²) in [5, 5.41) is 22.6. The number of carbonyl (C=O) groups excluding carboxylic acids is 2. The molecule has 0 bridgehead atoms. The molecule has 1 aromatic carbocycles. The van der Waals surface area contributed by atoms with Crippen LogP contribution in [-0.2, 0) is 23.7 Å². The fraction of sp³-hybridized carbons (Fsp3) is 0.667. The van der Waals surface area contributed by atoms with Crippen LogP contribution in [0.5, 0.6) is 5.75 Å². The van der Waals surface area contributed by atoms with Crippen LogP contribution in [0.25, 0.3) is 0 Å². The molecule has 2 N–H and O–H groups in total. The van der Waals surface area contributed by atoms with Crippen molar-refractivity contribution < 1.29 is 43.2 Å². The highest BCUT2D eigenvalue weighted by Gasteiger charge is 2.72. The van der Waals surface area contributed by atoms with Crippen molar-refractivity contribution >= 4 is 17.9 Å². The Hall–Kier alpha value is -2.90. The predicted molar refractivity (Wildman–Crippen MR) is 150 cm³/mol. The fourth-order valence-electron chi connectivity index (χ4n) is 6.78. The van der Waals surface area contributed by atoms with Gasteiger partial charge in [-0.15, -0.1) is 0 Å². The van der Waals surface area contributed by atoms with Crippen LogP contribution in [0.1, 0.15) is 65.7 Å². The second kappa shape index (κ2) is 12.0. The minimum Gasteiger partial charge on any atom is -0.733 e. The van der Waals surface area contributed by atoms with E-state index in [1.165, 1.54) is 29.8 Å². The van der Waals surface area contributed by atoms with Gasteiger partial charge in [0, 0.05) is 7.11 Å². The number of methoxy groups -OCH3 is 1. The van der Waals surface area contributed by atoms with Crippen LogP contribution < -0.4 is 15.3 Å². The van der Waals surface area contributed by atoms with Crippen molar-refractivity contribution in [1.82, 2.24) is 5.32 Å². The van der Waals surface area contributed by atoms with Crippen LogP contribution in [0.3, 0.4) is 0 Å². The van der Waals surface area contributed by atoms with Crippen LogP contribution in [0, 0.1) is 11.1 Å². The van der Waals surface area contributed by atoms with Crippen molar-refractivity contribution in [2.45, 2.75) is 101 Å². The number of alkyl carbamates (subject to hydrolysis) is 1. The van der Waals surface area contributed by atoms with Gasteiger partial charge in [-0.2, -0.15) is 0 Å². The molecule has 12 heteroatoms. The van der Waals surface area contributed by atoms with E-state index < -0.39 is 35.6 Å². The molecule has 0 radical (unpaired) electrons. The fourth-order valence-corrected chi connectivity index (χ4v) is 6.78. The predicted octanol–water partition coefficient (Wildman–Crippen LogP) is 5.01. The molecule has 5 rings (SSSR count). The summed E-state index contributed by atoms with van der Waals surface area (Å²) in [5.74, 6) is 0.0588. The Morgan fingerprint density at radius 1 is 1.19 bits per heavy atom. The van der Waals surface area contributed by atoms with E-state index in [4.69, 9.17) is 33.6 Å². The molecule has 2 aliphatic carbocycles. The first-order chi connectivity index (χ1) is 20.0. The number of hydrogen-bond donors (Lipinski definition) is 2. The molecular weight excluding hydrogens is 548 g/mol. The molecule has 1 spiro atoms. The van der Waals surface area contributed by atoms with E-state index in [9.17, 15) is 14.8 Å². The quantitative estimate of drug-likeness (QED) is 0.124. The van der Waals surface area contributed by atoms with E-state index in [1.54, 1.807) is 7.11 Å². The maximum absolute atomic E-state index is 13.3. The number of carbonyl (C=O) groups is 2. The van der Waals surface area contributed by atoms with Gasteiger partial charge < -0.3 is 44.2 Å². The van der Waals surface area contributed by atoms with E-state index in [0.29, 0.717) is 25.9 Å². The van der Waals surface area contributed by atoms with Crippen LogP contribution in [0.4, 0.5) is 15.3 Å². The normalized spacial score (nSPS) is 32.5. The average Bonchev–Trinajstić information content (AvgIpc) is 3.81. The lowest BCUT2D eigenvalue weighted by Crippen LogP contribution is -2.57. The number of nitrogens with zero attached hydrogens (tertiary/aromatic N) is 1. The number of epoxide rings is 2. The summed E-state index contributed by atoms with van der Waals surface area (Å²) in [6.45, 7) is 6.79. The first kappa shape index (κ1) is 30.6. The smallest absolute Gasteiger partial charge is 0.513 e. The number of benzene rings is 1. The lowest BCUT2D eigenvalue weighted by molar-refractivity contribution is -0.119. The van der Waals surface area contributed by atoms with Gasteiger partial charge in [0.15, 0.2) is 0 Å². The van der Waals surface area contributed by atoms with Crippen molar-refractivity contribution in [2.24, 2.45) is 5.92 Å². The molecule has 12 nitrogen and oxygen atoms in total. The maximum atomic E-state index is 13.3. The second-order valence-electron chi connectivity index (χ2n) is 12.3. The number of allylic oxidation sites excluding steroid dienone is 1. The van der Waals surface area contributed by atoms with Gasteiger partial charge in [0.05, 0.1) is 29.9 Å². The zero-order chi connectivity index (χ0) is 30.1. The van der Waals surface area contributed by atoms with Gasteiger partial charge in [0.1, 0.15) is 35.8 Å². The molecular formula is C30H41N2O10-. The number of ether oxygens (including phenoxy) is 6. The van der Waals surface area contributed by atoms with E-state index in [0.717, 1.165) is 25.7 Å². The third-order valence-corrected chi connectivity index (χ3v) is 9.15. The number of rotatable bonds is 10. The summed E-state index contributed by atoms with van der Waals surface area (Å²) in [4.78, 5) is 25.6. The summed E-state index contributed by atoms with van der Waals surface area (Å²) in [5.41, 5.74) is -0.306. The third-order valence-electron chi connectivity index (χ3n) is 9.15. The first-order valence-electron chi connectivity index (χ1n) is 14.6. The Bertz CT molecular complexity index is 1160. The molecule has 6 unspecified atom stereocenters. The Balaban J connectivity index is 1.18. The molecule has 2 saturated carbocycles. The molecule has 2 heterocycles. The van der Waals surface area contributed by atoms with Gasteiger partial charge in [-0.3, -0.25) is 5.21 Å². The molecule has 6 atom stereocenters. The zero-order valence-corrected chi connectivity index (χ0v) is 24.6. The number of amides is 1. The highest BCUT2D eigenvalue weighted by Crippen LogP contribution is 2.59. The number of hydrogen-bond acceptors (Lipinski definition) is 11. The minimum absolute atomic E-state index is 0.00882. The van der Waals surface area contributed by atoms with Gasteiger partial charge in [-0.05, 0) is 77.1 Å². The van der Waals surface area contributed by atoms with E-state index in [-0.39, 0.29) is 40.9 Å². The molecule has 1 aromatic rings. The van der Waals surface area contributed by atoms with Crippen LogP contribution in [0.15, 0.2) is 35.9 Å². The molecule has 4 aliphatic rings. The lowest BCUT2D eigenvalue weighted by atomic mass is 9.68.